The van der Waals surface area contributed by atoms with Gasteiger partial charge in [-0.1, -0.05) is 49.0 Å². The van der Waals surface area contributed by atoms with E-state index >= 15 is 0 Å². The average molecular weight is 332 g/mol. The highest BCUT2D eigenvalue weighted by molar-refractivity contribution is 6.37. The van der Waals surface area contributed by atoms with E-state index in [4.69, 9.17) is 27.9 Å². The van der Waals surface area contributed by atoms with Gasteiger partial charge >= 0.3 is 0 Å². The van der Waals surface area contributed by atoms with Gasteiger partial charge in [0.15, 0.2) is 5.75 Å². The maximum absolute atomic E-state index is 10.0. The first kappa shape index (κ1) is 16.9. The first-order valence-electron chi connectivity index (χ1n) is 7.56. The fourth-order valence-corrected chi connectivity index (χ4v) is 3.27. The van der Waals surface area contributed by atoms with E-state index in [9.17, 15) is 5.11 Å². The molecule has 1 aliphatic carbocycles. The molecule has 2 rings (SSSR count). The number of hydrogen-bond acceptors (Lipinski definition) is 3. The number of benzene rings is 1. The molecule has 3 unspecified atom stereocenters. The Morgan fingerprint density at radius 1 is 1.29 bits per heavy atom. The van der Waals surface area contributed by atoms with Gasteiger partial charge in [-0.2, -0.15) is 0 Å². The van der Waals surface area contributed by atoms with Crippen LogP contribution in [0.15, 0.2) is 18.2 Å². The van der Waals surface area contributed by atoms with Crippen molar-refractivity contribution >= 4 is 23.2 Å². The lowest BCUT2D eigenvalue weighted by molar-refractivity contribution is 0.0986. The number of nitrogens with one attached hydrogen (secondary N) is 1. The summed E-state index contributed by atoms with van der Waals surface area (Å²) in [5, 5.41) is 14.4. The number of hydrogen-bond donors (Lipinski definition) is 2. The summed E-state index contributed by atoms with van der Waals surface area (Å²) >= 11 is 12.0. The van der Waals surface area contributed by atoms with Crippen molar-refractivity contribution in [3.8, 4) is 5.75 Å². The highest BCUT2D eigenvalue weighted by Gasteiger charge is 2.21. The van der Waals surface area contributed by atoms with Gasteiger partial charge in [0.2, 0.25) is 0 Å². The first-order chi connectivity index (χ1) is 10.1. The molecular formula is C16H23Cl2NO2. The zero-order chi connectivity index (χ0) is 15.2. The lowest BCUT2D eigenvalue weighted by atomic mass is 9.86. The van der Waals surface area contributed by atoms with Crippen molar-refractivity contribution < 1.29 is 9.84 Å². The number of halogens is 2. The minimum absolute atomic E-state index is 0.178. The summed E-state index contributed by atoms with van der Waals surface area (Å²) in [5.74, 6) is 1.11. The van der Waals surface area contributed by atoms with Crippen LogP contribution < -0.4 is 10.1 Å². The van der Waals surface area contributed by atoms with Crippen LogP contribution in [0.3, 0.4) is 0 Å². The number of rotatable bonds is 6. The van der Waals surface area contributed by atoms with Crippen LogP contribution in [0.25, 0.3) is 0 Å². The minimum Gasteiger partial charge on any atom is -0.488 e. The molecule has 118 valence electrons. The van der Waals surface area contributed by atoms with Gasteiger partial charge in [-0.15, -0.1) is 0 Å². The molecule has 2 N–H and O–H groups in total. The van der Waals surface area contributed by atoms with Gasteiger partial charge in [0.1, 0.15) is 12.7 Å². The maximum Gasteiger partial charge on any atom is 0.156 e. The Morgan fingerprint density at radius 2 is 1.95 bits per heavy atom. The predicted octanol–water partition coefficient (Wildman–Crippen LogP) is 3.90. The highest BCUT2D eigenvalue weighted by Crippen LogP contribution is 2.32. The van der Waals surface area contributed by atoms with E-state index in [0.29, 0.717) is 34.3 Å². The molecule has 0 aliphatic heterocycles. The molecule has 0 aromatic heterocycles. The van der Waals surface area contributed by atoms with E-state index in [2.05, 4.69) is 12.2 Å². The van der Waals surface area contributed by atoms with E-state index in [-0.39, 0.29) is 6.61 Å². The van der Waals surface area contributed by atoms with Crippen LogP contribution >= 0.6 is 23.2 Å². The summed E-state index contributed by atoms with van der Waals surface area (Å²) in [6, 6.07) is 5.70. The van der Waals surface area contributed by atoms with Gasteiger partial charge in [-0.25, -0.2) is 0 Å². The van der Waals surface area contributed by atoms with Crippen LogP contribution in [0.5, 0.6) is 5.75 Å². The standard InChI is InChI=1S/C16H23Cl2NO2/c1-11-5-2-3-8-15(11)19-9-12(20)10-21-16-13(17)6-4-7-14(16)18/h4,6-7,11-12,15,19-20H,2-3,5,8-10H2,1H3. The molecule has 0 bridgehead atoms. The van der Waals surface area contributed by atoms with Crippen LogP contribution in [-0.2, 0) is 0 Å². The van der Waals surface area contributed by atoms with Gasteiger partial charge < -0.3 is 15.2 Å². The molecule has 0 spiro atoms. The second-order valence-corrected chi connectivity index (χ2v) is 6.61. The number of aliphatic hydroxyl groups is 1. The van der Waals surface area contributed by atoms with E-state index in [1.54, 1.807) is 18.2 Å². The zero-order valence-corrected chi connectivity index (χ0v) is 13.8. The summed E-state index contributed by atoms with van der Waals surface area (Å²) in [7, 11) is 0. The lowest BCUT2D eigenvalue weighted by Crippen LogP contribution is -2.42. The maximum atomic E-state index is 10.0. The van der Waals surface area contributed by atoms with Crippen molar-refractivity contribution in [3.05, 3.63) is 28.2 Å². The Balaban J connectivity index is 1.76. The third-order valence-corrected chi connectivity index (χ3v) is 4.66. The second-order valence-electron chi connectivity index (χ2n) is 5.79. The van der Waals surface area contributed by atoms with Gasteiger partial charge in [0.25, 0.3) is 0 Å². The molecule has 3 nitrogen and oxygen atoms in total. The summed E-state index contributed by atoms with van der Waals surface area (Å²) in [6.07, 6.45) is 4.45. The fraction of sp³-hybridized carbons (Fsp3) is 0.625. The molecule has 1 saturated carbocycles. The van der Waals surface area contributed by atoms with Crippen LogP contribution in [0.1, 0.15) is 32.6 Å². The number of para-hydroxylation sites is 1. The Labute approximate surface area is 136 Å². The molecule has 0 amide bonds. The molecule has 0 radical (unpaired) electrons. The van der Waals surface area contributed by atoms with Crippen LogP contribution in [0, 0.1) is 5.92 Å². The predicted molar refractivity (Wildman–Crippen MR) is 87.4 cm³/mol. The van der Waals surface area contributed by atoms with Crippen LogP contribution in [0.4, 0.5) is 0 Å². The van der Waals surface area contributed by atoms with Gasteiger partial charge in [-0.3, -0.25) is 0 Å². The summed E-state index contributed by atoms with van der Waals surface area (Å²) in [6.45, 7) is 2.97. The molecular weight excluding hydrogens is 309 g/mol. The number of ether oxygens (including phenoxy) is 1. The zero-order valence-electron chi connectivity index (χ0n) is 12.3. The molecule has 21 heavy (non-hydrogen) atoms. The molecule has 3 atom stereocenters. The average Bonchev–Trinajstić information content (AvgIpc) is 2.46. The normalized spacial score (nSPS) is 23.8. The third kappa shape index (κ3) is 5.03. The molecule has 1 aromatic rings. The second kappa shape index (κ2) is 8.23. The minimum atomic E-state index is -0.577. The van der Waals surface area contributed by atoms with Gasteiger partial charge in [0.05, 0.1) is 10.0 Å². The SMILES string of the molecule is CC1CCCCC1NCC(O)COc1c(Cl)cccc1Cl. The van der Waals surface area contributed by atoms with Crippen LogP contribution in [0.2, 0.25) is 10.0 Å². The Kier molecular flexibility index (Phi) is 6.62. The smallest absolute Gasteiger partial charge is 0.156 e. The largest absolute Gasteiger partial charge is 0.488 e. The van der Waals surface area contributed by atoms with Crippen molar-refractivity contribution in [1.82, 2.24) is 5.32 Å². The van der Waals surface area contributed by atoms with Crippen molar-refractivity contribution in [2.24, 2.45) is 5.92 Å². The van der Waals surface area contributed by atoms with E-state index in [0.717, 1.165) is 0 Å². The highest BCUT2D eigenvalue weighted by atomic mass is 35.5. The van der Waals surface area contributed by atoms with E-state index in [1.165, 1.54) is 25.7 Å². The fourth-order valence-electron chi connectivity index (χ4n) is 2.77. The van der Waals surface area contributed by atoms with Crippen molar-refractivity contribution in [1.29, 1.82) is 0 Å². The molecule has 1 aromatic carbocycles. The summed E-state index contributed by atoms with van der Waals surface area (Å²) in [4.78, 5) is 0. The van der Waals surface area contributed by atoms with E-state index in [1.807, 2.05) is 0 Å². The Hall–Kier alpha value is -0.480. The Morgan fingerprint density at radius 3 is 2.62 bits per heavy atom. The van der Waals surface area contributed by atoms with Gasteiger partial charge in [-0.05, 0) is 30.9 Å². The monoisotopic (exact) mass is 331 g/mol. The molecule has 0 heterocycles. The van der Waals surface area contributed by atoms with Crippen molar-refractivity contribution in [2.45, 2.75) is 44.8 Å². The quantitative estimate of drug-likeness (QED) is 0.830. The summed E-state index contributed by atoms with van der Waals surface area (Å²) in [5.41, 5.74) is 0. The van der Waals surface area contributed by atoms with Gasteiger partial charge in [0, 0.05) is 12.6 Å². The molecule has 0 saturated heterocycles. The topological polar surface area (TPSA) is 41.5 Å². The lowest BCUT2D eigenvalue weighted by Gasteiger charge is -2.30. The third-order valence-electron chi connectivity index (χ3n) is 4.07. The number of aliphatic hydroxyl groups excluding tert-OH is 1. The van der Waals surface area contributed by atoms with Crippen molar-refractivity contribution in [2.75, 3.05) is 13.2 Å². The van der Waals surface area contributed by atoms with E-state index < -0.39 is 6.10 Å². The molecule has 1 aliphatic rings. The van der Waals surface area contributed by atoms with Crippen LogP contribution in [-0.4, -0.2) is 30.4 Å². The summed E-state index contributed by atoms with van der Waals surface area (Å²) < 4.78 is 5.54. The molecule has 1 fully saturated rings. The first-order valence-corrected chi connectivity index (χ1v) is 8.31. The molecule has 5 heteroatoms. The van der Waals surface area contributed by atoms with Crippen molar-refractivity contribution in [3.63, 3.8) is 0 Å². The Bertz CT molecular complexity index is 436.